The normalized spacial score (nSPS) is 15.4. The lowest BCUT2D eigenvalue weighted by Crippen LogP contribution is -2.30. The molecule has 1 aliphatic heterocycles. The predicted molar refractivity (Wildman–Crippen MR) is 101 cm³/mol. The van der Waals surface area contributed by atoms with Gasteiger partial charge in [-0.05, 0) is 55.2 Å². The summed E-state index contributed by atoms with van der Waals surface area (Å²) < 4.78 is 0. The zero-order valence-electron chi connectivity index (χ0n) is 14.7. The van der Waals surface area contributed by atoms with E-state index in [0.29, 0.717) is 18.0 Å². The number of aromatic hydroxyl groups is 1. The number of phenolic OH excluding ortho intramolecular Hbond substituents is 1. The van der Waals surface area contributed by atoms with Gasteiger partial charge in [-0.25, -0.2) is 0 Å². The predicted octanol–water partition coefficient (Wildman–Crippen LogP) is 3.59. The number of carbonyl (C=O) groups excluding carboxylic acids is 1. The van der Waals surface area contributed by atoms with Gasteiger partial charge < -0.3 is 10.0 Å². The maximum atomic E-state index is 12.6. The molecule has 0 aromatic heterocycles. The number of hydrogen-bond acceptors (Lipinski definition) is 4. The number of fused-ring (bicyclic) bond motifs is 1. The molecule has 1 heterocycles. The van der Waals surface area contributed by atoms with Crippen LogP contribution in [0.3, 0.4) is 0 Å². The van der Waals surface area contributed by atoms with Crippen molar-refractivity contribution in [2.45, 2.75) is 27.2 Å². The number of carbonyl (C=O) groups is 1. The average Bonchev–Trinajstić information content (AvgIpc) is 2.86. The number of hydrogen-bond donors (Lipinski definition) is 1. The molecule has 0 saturated carbocycles. The summed E-state index contributed by atoms with van der Waals surface area (Å²) >= 11 is 0. The van der Waals surface area contributed by atoms with Gasteiger partial charge in [-0.3, -0.25) is 4.79 Å². The molecule has 1 aliphatic rings. The van der Waals surface area contributed by atoms with Gasteiger partial charge in [0.1, 0.15) is 5.75 Å². The first-order valence-electron chi connectivity index (χ1n) is 8.35. The minimum atomic E-state index is -0.113. The Bertz CT molecular complexity index is 861. The molecule has 0 spiro atoms. The van der Waals surface area contributed by atoms with Gasteiger partial charge >= 0.3 is 0 Å². The molecule has 3 rings (SSSR count). The third-order valence-corrected chi connectivity index (χ3v) is 4.22. The van der Waals surface area contributed by atoms with Gasteiger partial charge in [-0.15, -0.1) is 5.10 Å². The molecular weight excluding hydrogens is 314 g/mol. The summed E-state index contributed by atoms with van der Waals surface area (Å²) in [5.74, 6) is 0.178. The molecule has 1 amide bonds. The summed E-state index contributed by atoms with van der Waals surface area (Å²) in [4.78, 5) is 14.4. The SMILES string of the molecule is CCCN1C(=O)/C(=N/N=C/c2cc(C)c(O)c(C)c2)c2ccccc21. The van der Waals surface area contributed by atoms with E-state index in [4.69, 9.17) is 0 Å². The van der Waals surface area contributed by atoms with Crippen LogP contribution in [0.5, 0.6) is 5.75 Å². The Labute approximate surface area is 147 Å². The third kappa shape index (κ3) is 3.18. The molecule has 0 aliphatic carbocycles. The number of benzene rings is 2. The van der Waals surface area contributed by atoms with Crippen LogP contribution >= 0.6 is 0 Å². The maximum Gasteiger partial charge on any atom is 0.279 e. The van der Waals surface area contributed by atoms with Gasteiger partial charge in [0.05, 0.1) is 11.9 Å². The molecule has 5 nitrogen and oxygen atoms in total. The Morgan fingerprint density at radius 2 is 1.84 bits per heavy atom. The molecule has 0 unspecified atom stereocenters. The number of para-hydroxylation sites is 1. The van der Waals surface area contributed by atoms with Gasteiger partial charge in [0.2, 0.25) is 0 Å². The Balaban J connectivity index is 1.92. The highest BCUT2D eigenvalue weighted by Crippen LogP contribution is 2.29. The van der Waals surface area contributed by atoms with Gasteiger partial charge in [-0.2, -0.15) is 5.10 Å². The third-order valence-electron chi connectivity index (χ3n) is 4.22. The van der Waals surface area contributed by atoms with Crippen molar-refractivity contribution in [3.05, 3.63) is 58.7 Å². The summed E-state index contributed by atoms with van der Waals surface area (Å²) in [7, 11) is 0. The van der Waals surface area contributed by atoms with Crippen molar-refractivity contribution in [2.24, 2.45) is 10.2 Å². The first kappa shape index (κ1) is 16.9. The number of aryl methyl sites for hydroxylation is 2. The van der Waals surface area contributed by atoms with Crippen LogP contribution < -0.4 is 4.90 Å². The van der Waals surface area contributed by atoms with Crippen LogP contribution in [0.2, 0.25) is 0 Å². The fourth-order valence-corrected chi connectivity index (χ4v) is 3.02. The molecule has 0 fully saturated rings. The van der Waals surface area contributed by atoms with E-state index in [1.165, 1.54) is 0 Å². The number of phenols is 1. The second-order valence-electron chi connectivity index (χ2n) is 6.17. The summed E-state index contributed by atoms with van der Waals surface area (Å²) in [6.45, 7) is 6.38. The van der Waals surface area contributed by atoms with Crippen molar-refractivity contribution >= 4 is 23.5 Å². The van der Waals surface area contributed by atoms with Crippen molar-refractivity contribution in [2.75, 3.05) is 11.4 Å². The van der Waals surface area contributed by atoms with Crippen molar-refractivity contribution in [1.82, 2.24) is 0 Å². The highest BCUT2D eigenvalue weighted by Gasteiger charge is 2.33. The van der Waals surface area contributed by atoms with Crippen molar-refractivity contribution in [3.8, 4) is 5.75 Å². The molecule has 2 aromatic carbocycles. The summed E-state index contributed by atoms with van der Waals surface area (Å²) in [5.41, 5.74) is 4.47. The smallest absolute Gasteiger partial charge is 0.279 e. The molecule has 2 aromatic rings. The van der Waals surface area contributed by atoms with E-state index >= 15 is 0 Å². The minimum absolute atomic E-state index is 0.113. The van der Waals surface area contributed by atoms with Crippen LogP contribution in [0.1, 0.15) is 35.6 Å². The summed E-state index contributed by atoms with van der Waals surface area (Å²) in [6.07, 6.45) is 2.48. The summed E-state index contributed by atoms with van der Waals surface area (Å²) in [5, 5.41) is 18.1. The molecule has 128 valence electrons. The second-order valence-corrected chi connectivity index (χ2v) is 6.17. The van der Waals surface area contributed by atoms with Gasteiger partial charge in [0, 0.05) is 12.1 Å². The number of anilines is 1. The van der Waals surface area contributed by atoms with E-state index in [1.54, 1.807) is 11.1 Å². The molecule has 25 heavy (non-hydrogen) atoms. The van der Waals surface area contributed by atoms with E-state index in [0.717, 1.165) is 34.4 Å². The average molecular weight is 335 g/mol. The van der Waals surface area contributed by atoms with Crippen LogP contribution in [0.25, 0.3) is 0 Å². The quantitative estimate of drug-likeness (QED) is 0.685. The fourth-order valence-electron chi connectivity index (χ4n) is 3.02. The Hall–Kier alpha value is -2.95. The first-order chi connectivity index (χ1) is 12.0. The van der Waals surface area contributed by atoms with Crippen molar-refractivity contribution < 1.29 is 9.90 Å². The van der Waals surface area contributed by atoms with E-state index in [-0.39, 0.29) is 5.91 Å². The van der Waals surface area contributed by atoms with Crippen LogP contribution in [0, 0.1) is 13.8 Å². The summed E-state index contributed by atoms with van der Waals surface area (Å²) in [6, 6.07) is 11.3. The molecule has 0 bridgehead atoms. The van der Waals surface area contributed by atoms with Crippen molar-refractivity contribution in [1.29, 1.82) is 0 Å². The maximum absolute atomic E-state index is 12.6. The molecule has 0 saturated heterocycles. The number of nitrogens with zero attached hydrogens (tertiary/aromatic N) is 3. The van der Waals surface area contributed by atoms with Crippen molar-refractivity contribution in [3.63, 3.8) is 0 Å². The van der Waals surface area contributed by atoms with Crippen LogP contribution in [0.4, 0.5) is 5.69 Å². The van der Waals surface area contributed by atoms with Crippen LogP contribution in [-0.2, 0) is 4.79 Å². The Morgan fingerprint density at radius 1 is 1.16 bits per heavy atom. The lowest BCUT2D eigenvalue weighted by atomic mass is 10.1. The lowest BCUT2D eigenvalue weighted by molar-refractivity contribution is -0.112. The lowest BCUT2D eigenvalue weighted by Gasteiger charge is -2.14. The molecule has 1 N–H and O–H groups in total. The van der Waals surface area contributed by atoms with E-state index < -0.39 is 0 Å². The zero-order chi connectivity index (χ0) is 18.0. The monoisotopic (exact) mass is 335 g/mol. The van der Waals surface area contributed by atoms with Crippen LogP contribution in [0.15, 0.2) is 46.6 Å². The molecular formula is C20H21N3O2. The standard InChI is InChI=1S/C20H21N3O2/c1-4-9-23-17-8-6-5-7-16(17)18(20(23)25)22-21-12-15-10-13(2)19(24)14(3)11-15/h5-8,10-12,24H,4,9H2,1-3H3/b21-12+,22-18+. The van der Waals surface area contributed by atoms with Gasteiger partial charge in [0.25, 0.3) is 5.91 Å². The molecule has 0 atom stereocenters. The van der Waals surface area contributed by atoms with Crippen LogP contribution in [-0.4, -0.2) is 29.5 Å². The highest BCUT2D eigenvalue weighted by molar-refractivity contribution is 6.54. The number of amides is 1. The molecule has 0 radical (unpaired) electrons. The van der Waals surface area contributed by atoms with Gasteiger partial charge in [0.15, 0.2) is 5.71 Å². The first-order valence-corrected chi connectivity index (χ1v) is 8.35. The topological polar surface area (TPSA) is 65.3 Å². The number of rotatable bonds is 4. The largest absolute Gasteiger partial charge is 0.507 e. The zero-order valence-corrected chi connectivity index (χ0v) is 14.7. The molecule has 5 heteroatoms. The second kappa shape index (κ2) is 6.89. The Kier molecular flexibility index (Phi) is 4.65. The van der Waals surface area contributed by atoms with E-state index in [2.05, 4.69) is 10.2 Å². The van der Waals surface area contributed by atoms with E-state index in [1.807, 2.05) is 57.2 Å². The fraction of sp³-hybridized carbons (Fsp3) is 0.250. The minimum Gasteiger partial charge on any atom is -0.507 e. The Morgan fingerprint density at radius 3 is 2.52 bits per heavy atom. The highest BCUT2D eigenvalue weighted by atomic mass is 16.3. The van der Waals surface area contributed by atoms with E-state index in [9.17, 15) is 9.90 Å². The van der Waals surface area contributed by atoms with Gasteiger partial charge in [-0.1, -0.05) is 25.1 Å².